The number of halogens is 2. The molecule has 1 aliphatic rings. The van der Waals surface area contributed by atoms with Crippen molar-refractivity contribution in [1.82, 2.24) is 19.3 Å². The lowest BCUT2D eigenvalue weighted by atomic mass is 10.1. The number of hydrogen-bond acceptors (Lipinski definition) is 6. The molecule has 1 fully saturated rings. The monoisotopic (exact) mass is 524 g/mol. The second-order valence-corrected chi connectivity index (χ2v) is 9.93. The predicted molar refractivity (Wildman–Crippen MR) is 142 cm³/mol. The van der Waals surface area contributed by atoms with Crippen LogP contribution in [0.2, 0.25) is 0 Å². The van der Waals surface area contributed by atoms with Crippen LogP contribution in [0.4, 0.5) is 20.3 Å². The number of imidazole rings is 1. The maximum absolute atomic E-state index is 14.1. The maximum Gasteiger partial charge on any atom is 0.256 e. The third-order valence-electron chi connectivity index (χ3n) is 6.11. The minimum Gasteiger partial charge on any atom is -0.455 e. The van der Waals surface area contributed by atoms with Gasteiger partial charge in [-0.25, -0.2) is 9.37 Å². The van der Waals surface area contributed by atoms with Gasteiger partial charge in [-0.05, 0) is 36.4 Å². The molecule has 2 aromatic carbocycles. The third-order valence-corrected chi connectivity index (χ3v) is 6.23. The van der Waals surface area contributed by atoms with Crippen molar-refractivity contribution >= 4 is 32.3 Å². The van der Waals surface area contributed by atoms with Gasteiger partial charge >= 0.3 is 0 Å². The van der Waals surface area contributed by atoms with Gasteiger partial charge in [-0.1, -0.05) is 21.4 Å². The van der Waals surface area contributed by atoms with Gasteiger partial charge < -0.3 is 19.9 Å². The number of carbonyl (C=O) groups excluding carboxylic acids is 1. The first kappa shape index (κ1) is 24.9. The minimum atomic E-state index is -1.87. The van der Waals surface area contributed by atoms with Gasteiger partial charge in [0.1, 0.15) is 23.1 Å². The number of nitrogens with zero attached hydrogens (tertiary/aromatic N) is 5. The summed E-state index contributed by atoms with van der Waals surface area (Å²) in [5.41, 5.74) is 0.707. The number of alkyl halides is 1. The zero-order chi connectivity index (χ0) is 26.0. The topological polar surface area (TPSA) is 75.0 Å². The molecule has 0 radical (unpaired) electrons. The Labute approximate surface area is 215 Å². The van der Waals surface area contributed by atoms with Crippen LogP contribution < -0.4 is 15.0 Å². The van der Waals surface area contributed by atoms with Gasteiger partial charge in [0.15, 0.2) is 5.65 Å². The second-order valence-electron chi connectivity index (χ2n) is 8.90. The number of anilines is 2. The summed E-state index contributed by atoms with van der Waals surface area (Å²) in [5, 5.41) is 3.25. The first-order valence-corrected chi connectivity index (χ1v) is 12.5. The molecule has 4 aromatic rings. The van der Waals surface area contributed by atoms with Crippen molar-refractivity contribution in [3.8, 4) is 17.0 Å². The molecule has 1 amide bonds. The molecule has 3 heterocycles. The molecule has 5 rings (SSSR count). The SMILES string of the molecule is CC(F)(P)Oc1ccc(-c2nc3cnccn3c2NCC(=O)N2CCN(c3ccccc3F)CC2)cc1. The van der Waals surface area contributed by atoms with Crippen LogP contribution >= 0.6 is 9.24 Å². The van der Waals surface area contributed by atoms with Crippen LogP contribution in [0.3, 0.4) is 0 Å². The van der Waals surface area contributed by atoms with Gasteiger partial charge in [-0.2, -0.15) is 4.39 Å². The highest BCUT2D eigenvalue weighted by Crippen LogP contribution is 2.31. The number of piperazine rings is 1. The molecule has 192 valence electrons. The Morgan fingerprint density at radius 1 is 1.14 bits per heavy atom. The molecule has 37 heavy (non-hydrogen) atoms. The highest BCUT2D eigenvalue weighted by atomic mass is 31.0. The number of rotatable bonds is 7. The molecule has 0 spiro atoms. The quantitative estimate of drug-likeness (QED) is 0.366. The van der Waals surface area contributed by atoms with Crippen LogP contribution in [-0.4, -0.2) is 63.5 Å². The van der Waals surface area contributed by atoms with E-state index in [-0.39, 0.29) is 18.3 Å². The van der Waals surface area contributed by atoms with E-state index >= 15 is 0 Å². The summed E-state index contributed by atoms with van der Waals surface area (Å²) in [4.78, 5) is 25.6. The molecular formula is C26H27F2N6O2P. The molecule has 1 aliphatic heterocycles. The number of carbonyl (C=O) groups is 1. The Bertz CT molecular complexity index is 1400. The van der Waals surface area contributed by atoms with E-state index in [0.717, 1.165) is 5.56 Å². The lowest BCUT2D eigenvalue weighted by Gasteiger charge is -2.36. The highest BCUT2D eigenvalue weighted by molar-refractivity contribution is 7.18. The summed E-state index contributed by atoms with van der Waals surface area (Å²) in [6, 6.07) is 13.6. The lowest BCUT2D eigenvalue weighted by Crippen LogP contribution is -2.50. The third kappa shape index (κ3) is 5.64. The van der Waals surface area contributed by atoms with Crippen molar-refractivity contribution in [3.63, 3.8) is 0 Å². The Morgan fingerprint density at radius 3 is 2.57 bits per heavy atom. The number of amides is 1. The second kappa shape index (κ2) is 10.3. The van der Waals surface area contributed by atoms with Crippen LogP contribution in [0.5, 0.6) is 5.75 Å². The Morgan fingerprint density at radius 2 is 1.86 bits per heavy atom. The van der Waals surface area contributed by atoms with Crippen LogP contribution in [0, 0.1) is 5.82 Å². The zero-order valence-electron chi connectivity index (χ0n) is 20.3. The van der Waals surface area contributed by atoms with E-state index in [1.807, 2.05) is 24.6 Å². The first-order chi connectivity index (χ1) is 17.8. The summed E-state index contributed by atoms with van der Waals surface area (Å²) >= 11 is 0. The fourth-order valence-corrected chi connectivity index (χ4v) is 4.50. The molecule has 1 saturated heterocycles. The van der Waals surface area contributed by atoms with E-state index in [0.29, 0.717) is 54.8 Å². The van der Waals surface area contributed by atoms with Gasteiger partial charge in [0, 0.05) is 51.1 Å². The largest absolute Gasteiger partial charge is 0.455 e. The molecule has 0 saturated carbocycles. The van der Waals surface area contributed by atoms with Gasteiger partial charge in [0.05, 0.1) is 18.4 Å². The van der Waals surface area contributed by atoms with E-state index in [2.05, 4.69) is 15.3 Å². The number of aromatic nitrogens is 3. The molecule has 11 heteroatoms. The fraction of sp³-hybridized carbons (Fsp3) is 0.269. The maximum atomic E-state index is 14.1. The van der Waals surface area contributed by atoms with E-state index in [1.54, 1.807) is 59.9 Å². The molecule has 2 unspecified atom stereocenters. The lowest BCUT2D eigenvalue weighted by molar-refractivity contribution is -0.129. The van der Waals surface area contributed by atoms with E-state index in [4.69, 9.17) is 4.74 Å². The van der Waals surface area contributed by atoms with Gasteiger partial charge in [-0.15, -0.1) is 0 Å². The molecule has 2 atom stereocenters. The summed E-state index contributed by atoms with van der Waals surface area (Å²) in [6.45, 7) is 3.49. The normalized spacial score (nSPS) is 15.5. The van der Waals surface area contributed by atoms with E-state index < -0.39 is 5.60 Å². The van der Waals surface area contributed by atoms with Gasteiger partial charge in [0.2, 0.25) is 5.91 Å². The van der Waals surface area contributed by atoms with Crippen LogP contribution in [0.1, 0.15) is 6.92 Å². The van der Waals surface area contributed by atoms with Crippen molar-refractivity contribution in [2.24, 2.45) is 0 Å². The van der Waals surface area contributed by atoms with E-state index in [9.17, 15) is 13.6 Å². The number of fused-ring (bicyclic) bond motifs is 1. The average molecular weight is 525 g/mol. The predicted octanol–water partition coefficient (Wildman–Crippen LogP) is 4.19. The van der Waals surface area contributed by atoms with Crippen molar-refractivity contribution in [3.05, 3.63) is 72.9 Å². The average Bonchev–Trinajstić information content (AvgIpc) is 3.26. The van der Waals surface area contributed by atoms with Gasteiger partial charge in [-0.3, -0.25) is 14.2 Å². The van der Waals surface area contributed by atoms with Crippen molar-refractivity contribution in [2.75, 3.05) is 42.9 Å². The minimum absolute atomic E-state index is 0.0606. The number of para-hydroxylation sites is 1. The molecule has 2 aromatic heterocycles. The summed E-state index contributed by atoms with van der Waals surface area (Å²) in [6.07, 6.45) is 5.05. The molecular weight excluding hydrogens is 497 g/mol. The van der Waals surface area contributed by atoms with Gasteiger partial charge in [0.25, 0.3) is 5.60 Å². The fourth-order valence-electron chi connectivity index (χ4n) is 4.36. The number of benzene rings is 2. The number of nitrogens with one attached hydrogen (secondary N) is 1. The molecule has 0 bridgehead atoms. The van der Waals surface area contributed by atoms with Crippen molar-refractivity contribution in [1.29, 1.82) is 0 Å². The smallest absolute Gasteiger partial charge is 0.256 e. The Balaban J connectivity index is 1.29. The van der Waals surface area contributed by atoms with Crippen molar-refractivity contribution in [2.45, 2.75) is 12.5 Å². The summed E-state index contributed by atoms with van der Waals surface area (Å²) < 4.78 is 35.0. The highest BCUT2D eigenvalue weighted by Gasteiger charge is 2.24. The summed E-state index contributed by atoms with van der Waals surface area (Å²) in [7, 11) is 2.00. The standard InChI is InChI=1S/C26H27F2N6O2P/c1-26(28,37)36-19-8-6-18(7-9-19)24-25(34-11-10-29-16-22(34)31-24)30-17-23(35)33-14-12-32(13-15-33)21-5-3-2-4-20(21)27/h2-11,16,30H,12-15,17,37H2,1H3. The molecule has 1 N–H and O–H groups in total. The van der Waals surface area contributed by atoms with Crippen LogP contribution in [0.25, 0.3) is 16.9 Å². The molecule has 8 nitrogen and oxygen atoms in total. The Hall–Kier alpha value is -3.78. The summed E-state index contributed by atoms with van der Waals surface area (Å²) in [5.74, 6) is 0.708. The number of hydrogen-bond donors (Lipinski definition) is 1. The zero-order valence-corrected chi connectivity index (χ0v) is 21.4. The molecule has 0 aliphatic carbocycles. The Kier molecular flexibility index (Phi) is 6.93. The van der Waals surface area contributed by atoms with Crippen LogP contribution in [-0.2, 0) is 4.79 Å². The first-order valence-electron chi connectivity index (χ1n) is 11.9. The van der Waals surface area contributed by atoms with E-state index in [1.165, 1.54) is 13.0 Å². The van der Waals surface area contributed by atoms with Crippen LogP contribution in [0.15, 0.2) is 67.1 Å². The number of ether oxygens (including phenoxy) is 1. The van der Waals surface area contributed by atoms with Crippen molar-refractivity contribution < 1.29 is 18.3 Å².